The van der Waals surface area contributed by atoms with Crippen molar-refractivity contribution < 1.29 is 4.79 Å². The second-order valence-corrected chi connectivity index (χ2v) is 6.93. The van der Waals surface area contributed by atoms with Crippen molar-refractivity contribution in [3.05, 3.63) is 57.1 Å². The average Bonchev–Trinajstić information content (AvgIpc) is 3.11. The molecule has 3 aromatic rings. The van der Waals surface area contributed by atoms with Crippen LogP contribution in [0.4, 0.5) is 5.69 Å². The number of hydrogen-bond acceptors (Lipinski definition) is 3. The zero-order valence-electron chi connectivity index (χ0n) is 11.2. The normalized spacial score (nSPS) is 10.6. The van der Waals surface area contributed by atoms with Crippen molar-refractivity contribution in [2.24, 2.45) is 0 Å². The molecule has 2 aromatic heterocycles. The number of aryl methyl sites for hydroxylation is 1. The number of imidazole rings is 1. The summed E-state index contributed by atoms with van der Waals surface area (Å²) in [5, 5.41) is 2.90. The third-order valence-electron chi connectivity index (χ3n) is 3.03. The van der Waals surface area contributed by atoms with Crippen LogP contribution in [0.2, 0.25) is 0 Å². The molecule has 0 aliphatic rings. The fourth-order valence-electron chi connectivity index (χ4n) is 1.91. The summed E-state index contributed by atoms with van der Waals surface area (Å²) in [6.07, 6.45) is 3.40. The smallest absolute Gasteiger partial charge is 0.265 e. The molecule has 1 amide bonds. The highest BCUT2D eigenvalue weighted by molar-refractivity contribution is 9.11. The third-order valence-corrected chi connectivity index (χ3v) is 5.17. The Balaban J connectivity index is 1.74. The lowest BCUT2D eigenvalue weighted by Gasteiger charge is -2.04. The van der Waals surface area contributed by atoms with E-state index < -0.39 is 0 Å². The maximum atomic E-state index is 12.2. The summed E-state index contributed by atoms with van der Waals surface area (Å²) in [7, 11) is 0. The van der Waals surface area contributed by atoms with E-state index in [-0.39, 0.29) is 5.91 Å². The molecule has 4 nitrogen and oxygen atoms in total. The first-order chi connectivity index (χ1) is 10.1. The van der Waals surface area contributed by atoms with Gasteiger partial charge in [0.05, 0.1) is 26.9 Å². The number of carbonyl (C=O) groups excluding carboxylic acids is 1. The number of amides is 1. The van der Waals surface area contributed by atoms with Crippen molar-refractivity contribution >= 4 is 38.9 Å². The van der Waals surface area contributed by atoms with E-state index in [4.69, 9.17) is 0 Å². The first-order valence-electron chi connectivity index (χ1n) is 6.29. The van der Waals surface area contributed by atoms with E-state index in [0.717, 1.165) is 26.3 Å². The molecule has 0 aliphatic carbocycles. The number of nitrogens with zero attached hydrogens (tertiary/aromatic N) is 1. The van der Waals surface area contributed by atoms with Crippen LogP contribution < -0.4 is 5.32 Å². The molecular weight excluding hydrogens is 350 g/mol. The molecule has 0 unspecified atom stereocenters. The summed E-state index contributed by atoms with van der Waals surface area (Å²) < 4.78 is 0.988. The summed E-state index contributed by atoms with van der Waals surface area (Å²) >= 11 is 4.86. The fourth-order valence-corrected chi connectivity index (χ4v) is 3.34. The topological polar surface area (TPSA) is 57.8 Å². The van der Waals surface area contributed by atoms with Crippen LogP contribution in [-0.4, -0.2) is 15.9 Å². The Morgan fingerprint density at radius 2 is 2.10 bits per heavy atom. The summed E-state index contributed by atoms with van der Waals surface area (Å²) in [6.45, 7) is 1.97. The van der Waals surface area contributed by atoms with E-state index in [9.17, 15) is 4.79 Å². The minimum absolute atomic E-state index is 0.0944. The van der Waals surface area contributed by atoms with Gasteiger partial charge >= 0.3 is 0 Å². The van der Waals surface area contributed by atoms with E-state index in [0.29, 0.717) is 4.88 Å². The number of aromatic amines is 1. The van der Waals surface area contributed by atoms with E-state index in [2.05, 4.69) is 31.2 Å². The predicted octanol–water partition coefficient (Wildman–Crippen LogP) is 4.46. The van der Waals surface area contributed by atoms with Gasteiger partial charge in [-0.15, -0.1) is 11.3 Å². The molecule has 0 spiro atoms. The Bertz CT molecular complexity index is 743. The molecule has 0 atom stereocenters. The molecule has 0 saturated heterocycles. The quantitative estimate of drug-likeness (QED) is 0.723. The standard InChI is InChI=1S/C15H12BrN3OS/c1-9-6-13(21-14(9)16)15(20)19-11-4-2-10(3-5-11)12-7-17-8-18-12/h2-8H,1H3,(H,17,18)(H,19,20). The van der Waals surface area contributed by atoms with Gasteiger partial charge in [-0.1, -0.05) is 12.1 Å². The molecular formula is C15H12BrN3OS. The third kappa shape index (κ3) is 3.06. The van der Waals surface area contributed by atoms with Gasteiger partial charge in [-0.3, -0.25) is 4.79 Å². The van der Waals surface area contributed by atoms with Crippen molar-refractivity contribution in [1.82, 2.24) is 9.97 Å². The van der Waals surface area contributed by atoms with Crippen molar-refractivity contribution in [2.45, 2.75) is 6.92 Å². The molecule has 0 bridgehead atoms. The van der Waals surface area contributed by atoms with Gasteiger partial charge in [-0.05, 0) is 52.2 Å². The summed E-state index contributed by atoms with van der Waals surface area (Å²) in [5.41, 5.74) is 3.82. The zero-order chi connectivity index (χ0) is 14.8. The second kappa shape index (κ2) is 5.83. The number of aromatic nitrogens is 2. The average molecular weight is 362 g/mol. The lowest BCUT2D eigenvalue weighted by atomic mass is 10.1. The molecule has 2 N–H and O–H groups in total. The van der Waals surface area contributed by atoms with Gasteiger partial charge < -0.3 is 10.3 Å². The van der Waals surface area contributed by atoms with Crippen molar-refractivity contribution in [2.75, 3.05) is 5.32 Å². The van der Waals surface area contributed by atoms with Crippen LogP contribution in [0.15, 0.2) is 46.6 Å². The number of halogens is 1. The molecule has 0 saturated carbocycles. The second-order valence-electron chi connectivity index (χ2n) is 4.56. The number of hydrogen-bond donors (Lipinski definition) is 2. The lowest BCUT2D eigenvalue weighted by molar-refractivity contribution is 0.103. The predicted molar refractivity (Wildman–Crippen MR) is 88.7 cm³/mol. The van der Waals surface area contributed by atoms with Gasteiger partial charge in [0.1, 0.15) is 0 Å². The molecule has 21 heavy (non-hydrogen) atoms. The van der Waals surface area contributed by atoms with Gasteiger partial charge in [0.15, 0.2) is 0 Å². The highest BCUT2D eigenvalue weighted by Crippen LogP contribution is 2.28. The molecule has 0 fully saturated rings. The van der Waals surface area contributed by atoms with Gasteiger partial charge in [0, 0.05) is 5.69 Å². The monoisotopic (exact) mass is 361 g/mol. The van der Waals surface area contributed by atoms with Crippen LogP contribution in [0.1, 0.15) is 15.2 Å². The molecule has 6 heteroatoms. The number of nitrogens with one attached hydrogen (secondary N) is 2. The summed E-state index contributed by atoms with van der Waals surface area (Å²) in [4.78, 5) is 19.9. The molecule has 0 aliphatic heterocycles. The fraction of sp³-hybridized carbons (Fsp3) is 0.0667. The highest BCUT2D eigenvalue weighted by Gasteiger charge is 2.11. The maximum Gasteiger partial charge on any atom is 0.265 e. The van der Waals surface area contributed by atoms with Gasteiger partial charge in [0.25, 0.3) is 5.91 Å². The van der Waals surface area contributed by atoms with Gasteiger partial charge in [0.2, 0.25) is 0 Å². The lowest BCUT2D eigenvalue weighted by Crippen LogP contribution is -2.09. The maximum absolute atomic E-state index is 12.2. The van der Waals surface area contributed by atoms with E-state index in [1.807, 2.05) is 37.3 Å². The first kappa shape index (κ1) is 14.0. The minimum Gasteiger partial charge on any atom is -0.345 e. The molecule has 106 valence electrons. The minimum atomic E-state index is -0.0944. The Morgan fingerprint density at radius 3 is 2.67 bits per heavy atom. The number of thiophene rings is 1. The molecule has 2 heterocycles. The van der Waals surface area contributed by atoms with Crippen LogP contribution in [0.3, 0.4) is 0 Å². The van der Waals surface area contributed by atoms with Gasteiger partial charge in [-0.25, -0.2) is 4.98 Å². The van der Waals surface area contributed by atoms with Crippen LogP contribution in [0.5, 0.6) is 0 Å². The number of rotatable bonds is 3. The Hall–Kier alpha value is -1.92. The van der Waals surface area contributed by atoms with Crippen LogP contribution in [0.25, 0.3) is 11.3 Å². The SMILES string of the molecule is Cc1cc(C(=O)Nc2ccc(-c3cnc[nH]3)cc2)sc1Br. The Kier molecular flexibility index (Phi) is 3.90. The number of benzene rings is 1. The summed E-state index contributed by atoms with van der Waals surface area (Å²) in [5.74, 6) is -0.0944. The largest absolute Gasteiger partial charge is 0.345 e. The van der Waals surface area contributed by atoms with Crippen molar-refractivity contribution in [1.29, 1.82) is 0 Å². The molecule has 0 radical (unpaired) electrons. The van der Waals surface area contributed by atoms with Gasteiger partial charge in [-0.2, -0.15) is 0 Å². The van der Waals surface area contributed by atoms with Crippen molar-refractivity contribution in [3.63, 3.8) is 0 Å². The van der Waals surface area contributed by atoms with E-state index in [1.165, 1.54) is 11.3 Å². The van der Waals surface area contributed by atoms with Crippen LogP contribution in [0, 0.1) is 6.92 Å². The molecule has 1 aromatic carbocycles. The number of carbonyl (C=O) groups is 1. The Labute approximate surface area is 134 Å². The van der Waals surface area contributed by atoms with E-state index >= 15 is 0 Å². The molecule has 3 rings (SSSR count). The van der Waals surface area contributed by atoms with Crippen molar-refractivity contribution in [3.8, 4) is 11.3 Å². The van der Waals surface area contributed by atoms with Crippen LogP contribution >= 0.6 is 27.3 Å². The Morgan fingerprint density at radius 1 is 1.33 bits per heavy atom. The number of H-pyrrole nitrogens is 1. The highest BCUT2D eigenvalue weighted by atomic mass is 79.9. The van der Waals surface area contributed by atoms with Crippen LogP contribution in [-0.2, 0) is 0 Å². The number of anilines is 1. The van der Waals surface area contributed by atoms with E-state index in [1.54, 1.807) is 12.5 Å². The zero-order valence-corrected chi connectivity index (χ0v) is 13.6. The first-order valence-corrected chi connectivity index (χ1v) is 7.90. The summed E-state index contributed by atoms with van der Waals surface area (Å²) in [6, 6.07) is 9.52.